The number of halogens is 1. The van der Waals surface area contributed by atoms with Gasteiger partial charge >= 0.3 is 5.97 Å². The standard InChI is InChI=1S/C17H15BrO5/c1-21-14-8-12(9-15(22-2)16(14)18)17(20)23-10-13(19)11-6-4-3-5-7-11/h3-9H,10H2,1-2H3. The van der Waals surface area contributed by atoms with Gasteiger partial charge in [-0.1, -0.05) is 30.3 Å². The molecule has 0 aliphatic carbocycles. The summed E-state index contributed by atoms with van der Waals surface area (Å²) in [7, 11) is 2.96. The van der Waals surface area contributed by atoms with Crippen LogP contribution in [0.5, 0.6) is 11.5 Å². The van der Waals surface area contributed by atoms with Crippen LogP contribution < -0.4 is 9.47 Å². The second-order valence-electron chi connectivity index (χ2n) is 4.56. The van der Waals surface area contributed by atoms with Crippen LogP contribution in [-0.4, -0.2) is 32.6 Å². The summed E-state index contributed by atoms with van der Waals surface area (Å²) in [5, 5.41) is 0. The number of methoxy groups -OCH3 is 2. The molecule has 5 nitrogen and oxygen atoms in total. The Morgan fingerprint density at radius 2 is 1.52 bits per heavy atom. The number of carbonyl (C=O) groups is 2. The minimum absolute atomic E-state index is 0.239. The molecule has 0 heterocycles. The predicted molar refractivity (Wildman–Crippen MR) is 88.3 cm³/mol. The highest BCUT2D eigenvalue weighted by molar-refractivity contribution is 9.10. The minimum Gasteiger partial charge on any atom is -0.495 e. The topological polar surface area (TPSA) is 61.8 Å². The number of ketones is 1. The van der Waals surface area contributed by atoms with Gasteiger partial charge in [0.15, 0.2) is 12.4 Å². The third-order valence-corrected chi connectivity index (χ3v) is 3.89. The van der Waals surface area contributed by atoms with Crippen molar-refractivity contribution in [3.05, 3.63) is 58.1 Å². The molecule has 0 saturated heterocycles. The van der Waals surface area contributed by atoms with Crippen molar-refractivity contribution in [2.24, 2.45) is 0 Å². The van der Waals surface area contributed by atoms with Crippen LogP contribution in [0, 0.1) is 0 Å². The van der Waals surface area contributed by atoms with Crippen molar-refractivity contribution in [2.45, 2.75) is 0 Å². The zero-order valence-corrected chi connectivity index (χ0v) is 14.3. The third kappa shape index (κ3) is 4.10. The van der Waals surface area contributed by atoms with Gasteiger partial charge in [0.25, 0.3) is 0 Å². The van der Waals surface area contributed by atoms with Gasteiger partial charge in [-0.2, -0.15) is 0 Å². The van der Waals surface area contributed by atoms with Gasteiger partial charge in [-0.3, -0.25) is 4.79 Å². The molecule has 0 radical (unpaired) electrons. The van der Waals surface area contributed by atoms with Gasteiger partial charge in [-0.25, -0.2) is 4.79 Å². The lowest BCUT2D eigenvalue weighted by molar-refractivity contribution is 0.0474. The average Bonchev–Trinajstić information content (AvgIpc) is 2.60. The number of rotatable bonds is 6. The first-order chi connectivity index (χ1) is 11.1. The number of Topliss-reactive ketones (excluding diaryl/α,β-unsaturated/α-hetero) is 1. The van der Waals surface area contributed by atoms with Crippen LogP contribution in [0.25, 0.3) is 0 Å². The molecule has 0 unspecified atom stereocenters. The van der Waals surface area contributed by atoms with Crippen LogP contribution in [0.15, 0.2) is 46.9 Å². The van der Waals surface area contributed by atoms with Crippen molar-refractivity contribution >= 4 is 27.7 Å². The average molecular weight is 379 g/mol. The minimum atomic E-state index is -0.626. The monoisotopic (exact) mass is 378 g/mol. The molecule has 2 rings (SSSR count). The normalized spacial score (nSPS) is 10.0. The summed E-state index contributed by atoms with van der Waals surface area (Å²) in [5.41, 5.74) is 0.731. The summed E-state index contributed by atoms with van der Waals surface area (Å²) < 4.78 is 16.0. The maximum Gasteiger partial charge on any atom is 0.338 e. The number of carbonyl (C=O) groups excluding carboxylic acids is 2. The number of hydrogen-bond acceptors (Lipinski definition) is 5. The van der Waals surface area contributed by atoms with Crippen molar-refractivity contribution in [1.29, 1.82) is 0 Å². The van der Waals surface area contributed by atoms with E-state index in [9.17, 15) is 9.59 Å². The Morgan fingerprint density at radius 1 is 0.957 bits per heavy atom. The summed E-state index contributed by atoms with van der Waals surface area (Å²) in [6.45, 7) is -0.330. The van der Waals surface area contributed by atoms with Gasteiger partial charge in [0.2, 0.25) is 0 Å². The Labute approximate surface area is 142 Å². The molecule has 0 aliphatic heterocycles. The summed E-state index contributed by atoms with van der Waals surface area (Å²) in [6.07, 6.45) is 0. The number of ether oxygens (including phenoxy) is 3. The first-order valence-corrected chi connectivity index (χ1v) is 7.53. The molecule has 0 aliphatic rings. The molecule has 0 bridgehead atoms. The van der Waals surface area contributed by atoms with Gasteiger partial charge in [-0.15, -0.1) is 0 Å². The van der Waals surface area contributed by atoms with E-state index >= 15 is 0 Å². The van der Waals surface area contributed by atoms with Gasteiger partial charge in [0, 0.05) is 5.56 Å². The summed E-state index contributed by atoms with van der Waals surface area (Å²) >= 11 is 3.32. The van der Waals surface area contributed by atoms with Crippen molar-refractivity contribution in [1.82, 2.24) is 0 Å². The molecule has 23 heavy (non-hydrogen) atoms. The van der Waals surface area contributed by atoms with E-state index in [0.717, 1.165) is 0 Å². The highest BCUT2D eigenvalue weighted by atomic mass is 79.9. The van der Waals surface area contributed by atoms with Crippen LogP contribution in [0.1, 0.15) is 20.7 Å². The van der Waals surface area contributed by atoms with Crippen molar-refractivity contribution in [2.75, 3.05) is 20.8 Å². The molecule has 6 heteroatoms. The number of hydrogen-bond donors (Lipinski definition) is 0. The maximum atomic E-state index is 12.1. The Morgan fingerprint density at radius 3 is 2.04 bits per heavy atom. The third-order valence-electron chi connectivity index (χ3n) is 3.11. The zero-order chi connectivity index (χ0) is 16.8. The highest BCUT2D eigenvalue weighted by Crippen LogP contribution is 2.35. The summed E-state index contributed by atoms with van der Waals surface area (Å²) in [4.78, 5) is 24.1. The van der Waals surface area contributed by atoms with E-state index in [1.165, 1.54) is 26.4 Å². The van der Waals surface area contributed by atoms with Gasteiger partial charge in [-0.05, 0) is 28.1 Å². The smallest absolute Gasteiger partial charge is 0.338 e. The molecular formula is C17H15BrO5. The second-order valence-corrected chi connectivity index (χ2v) is 5.35. The molecule has 2 aromatic rings. The molecule has 0 fully saturated rings. The number of esters is 1. The number of benzene rings is 2. The van der Waals surface area contributed by atoms with E-state index in [-0.39, 0.29) is 18.0 Å². The highest BCUT2D eigenvalue weighted by Gasteiger charge is 2.17. The molecule has 0 amide bonds. The molecule has 2 aromatic carbocycles. The van der Waals surface area contributed by atoms with Gasteiger partial charge in [0.1, 0.15) is 16.0 Å². The SMILES string of the molecule is COc1cc(C(=O)OCC(=O)c2ccccc2)cc(OC)c1Br. The largest absolute Gasteiger partial charge is 0.495 e. The van der Waals surface area contributed by atoms with Crippen molar-refractivity contribution in [3.63, 3.8) is 0 Å². The van der Waals surface area contributed by atoms with E-state index in [4.69, 9.17) is 14.2 Å². The van der Waals surface area contributed by atoms with E-state index in [1.54, 1.807) is 24.3 Å². The molecule has 0 N–H and O–H groups in total. The Bertz CT molecular complexity index is 687. The van der Waals surface area contributed by atoms with Crippen molar-refractivity contribution < 1.29 is 23.8 Å². The first-order valence-electron chi connectivity index (χ1n) is 6.73. The molecule has 0 saturated carbocycles. The van der Waals surface area contributed by atoms with Crippen LogP contribution in [0.4, 0.5) is 0 Å². The second kappa shape index (κ2) is 7.78. The Balaban J connectivity index is 2.10. The maximum absolute atomic E-state index is 12.1. The van der Waals surface area contributed by atoms with Crippen LogP contribution in [-0.2, 0) is 4.74 Å². The fourth-order valence-electron chi connectivity index (χ4n) is 1.91. The molecule has 0 atom stereocenters. The lowest BCUT2D eigenvalue weighted by atomic mass is 10.1. The van der Waals surface area contributed by atoms with E-state index < -0.39 is 5.97 Å². The van der Waals surface area contributed by atoms with Gasteiger partial charge in [0.05, 0.1) is 19.8 Å². The molecular weight excluding hydrogens is 364 g/mol. The summed E-state index contributed by atoms with van der Waals surface area (Å²) in [5.74, 6) is -0.0234. The van der Waals surface area contributed by atoms with Crippen LogP contribution in [0.2, 0.25) is 0 Å². The van der Waals surface area contributed by atoms with Crippen molar-refractivity contribution in [3.8, 4) is 11.5 Å². The molecule has 0 spiro atoms. The zero-order valence-electron chi connectivity index (χ0n) is 12.7. The summed E-state index contributed by atoms with van der Waals surface area (Å²) in [6, 6.07) is 11.7. The Kier molecular flexibility index (Phi) is 5.76. The van der Waals surface area contributed by atoms with Crippen LogP contribution in [0.3, 0.4) is 0 Å². The fourth-order valence-corrected chi connectivity index (χ4v) is 2.46. The molecule has 0 aromatic heterocycles. The van der Waals surface area contributed by atoms with Gasteiger partial charge < -0.3 is 14.2 Å². The lowest BCUT2D eigenvalue weighted by Crippen LogP contribution is -2.14. The lowest BCUT2D eigenvalue weighted by Gasteiger charge is -2.11. The predicted octanol–water partition coefficient (Wildman–Crippen LogP) is 3.51. The Hall–Kier alpha value is -2.34. The van der Waals surface area contributed by atoms with E-state index in [1.807, 2.05) is 6.07 Å². The first kappa shape index (κ1) is 17.0. The van der Waals surface area contributed by atoms with Crippen LogP contribution >= 0.6 is 15.9 Å². The van der Waals surface area contributed by atoms with E-state index in [0.29, 0.717) is 21.5 Å². The fraction of sp³-hybridized carbons (Fsp3) is 0.176. The molecule has 120 valence electrons. The quantitative estimate of drug-likeness (QED) is 0.568. The van der Waals surface area contributed by atoms with E-state index in [2.05, 4.69) is 15.9 Å².